The van der Waals surface area contributed by atoms with Crippen LogP contribution in [0, 0.1) is 5.95 Å². The molecule has 1 N–H and O–H groups in total. The summed E-state index contributed by atoms with van der Waals surface area (Å²) < 4.78 is 19.1. The van der Waals surface area contributed by atoms with Crippen molar-refractivity contribution in [1.82, 2.24) is 8.96 Å². The van der Waals surface area contributed by atoms with Crippen molar-refractivity contribution < 1.29 is 16.8 Å². The molecule has 0 aromatic carbocycles. The van der Waals surface area contributed by atoms with Gasteiger partial charge >= 0.3 is 5.97 Å². The molecule has 0 amide bonds. The molecule has 0 atom stereocenters. The van der Waals surface area contributed by atoms with E-state index in [9.17, 15) is 9.18 Å². The van der Waals surface area contributed by atoms with E-state index in [1.54, 1.807) is 23.0 Å². The minimum Gasteiger partial charge on any atom is -0.477 e. The van der Waals surface area contributed by atoms with Gasteiger partial charge in [0.1, 0.15) is 40.9 Å². The Kier molecular flexibility index (Phi) is 3.76. The molecule has 0 saturated carbocycles. The molecule has 0 radical (unpaired) electrons. The number of hydrogen-bond acceptors (Lipinski definition) is 4. The standard InChI is InChI=1S/C8H3ClFIN2O3S/c9-4-1-3-2-5(8(14)15)13(17-16-11)7(3)12-6(4)10/h1-2H,(H,14,15). The van der Waals surface area contributed by atoms with Crippen molar-refractivity contribution in [3.63, 3.8) is 0 Å². The number of fused-ring (bicyclic) bond motifs is 1. The number of hydrogen-bond donors (Lipinski definition) is 1. The molecule has 9 heteroatoms. The number of carbonyl (C=O) groups is 1. The van der Waals surface area contributed by atoms with Crippen molar-refractivity contribution in [3.05, 3.63) is 28.8 Å². The van der Waals surface area contributed by atoms with Crippen LogP contribution in [0.4, 0.5) is 4.39 Å². The molecule has 0 saturated heterocycles. The summed E-state index contributed by atoms with van der Waals surface area (Å²) in [6, 6.07) is 2.66. The largest absolute Gasteiger partial charge is 0.477 e. The van der Waals surface area contributed by atoms with E-state index in [0.717, 1.165) is 12.2 Å². The summed E-state index contributed by atoms with van der Waals surface area (Å²) in [5.41, 5.74) is 0.0711. The van der Waals surface area contributed by atoms with Crippen LogP contribution < -0.4 is 0 Å². The molecular weight excluding hydrogens is 386 g/mol. The van der Waals surface area contributed by atoms with Crippen LogP contribution in [0.25, 0.3) is 11.0 Å². The number of carboxylic acid groups (broad SMARTS) is 1. The lowest BCUT2D eigenvalue weighted by Gasteiger charge is -2.02. The number of aromatic carboxylic acids is 1. The Balaban J connectivity index is 2.75. The van der Waals surface area contributed by atoms with Crippen LogP contribution in [0.1, 0.15) is 10.5 Å². The first-order valence-electron chi connectivity index (χ1n) is 4.11. The van der Waals surface area contributed by atoms with Crippen LogP contribution in [0.15, 0.2) is 12.1 Å². The second-order valence-corrected chi connectivity index (χ2v) is 5.07. The van der Waals surface area contributed by atoms with E-state index < -0.39 is 11.9 Å². The molecular formula is C8H3ClFIN2O3S. The maximum Gasteiger partial charge on any atom is 0.353 e. The zero-order valence-corrected chi connectivity index (χ0v) is 11.6. The van der Waals surface area contributed by atoms with Crippen molar-refractivity contribution in [2.75, 3.05) is 0 Å². The van der Waals surface area contributed by atoms with Crippen molar-refractivity contribution in [1.29, 1.82) is 0 Å². The predicted molar refractivity (Wildman–Crippen MR) is 69.8 cm³/mol. The van der Waals surface area contributed by atoms with Gasteiger partial charge in [0.25, 0.3) is 0 Å². The molecule has 0 spiro atoms. The summed E-state index contributed by atoms with van der Waals surface area (Å²) in [4.78, 5) is 14.6. The van der Waals surface area contributed by atoms with E-state index in [0.29, 0.717) is 5.39 Å². The Morgan fingerprint density at radius 3 is 2.94 bits per heavy atom. The Morgan fingerprint density at radius 2 is 2.35 bits per heavy atom. The quantitative estimate of drug-likeness (QED) is 0.496. The van der Waals surface area contributed by atoms with Crippen LogP contribution in [0.2, 0.25) is 5.02 Å². The van der Waals surface area contributed by atoms with Gasteiger partial charge in [0.2, 0.25) is 5.95 Å². The smallest absolute Gasteiger partial charge is 0.353 e. The highest BCUT2D eigenvalue weighted by atomic mass is 127. The first-order chi connectivity index (χ1) is 8.04. The molecule has 0 bridgehead atoms. The van der Waals surface area contributed by atoms with Crippen molar-refractivity contribution in [3.8, 4) is 0 Å². The topological polar surface area (TPSA) is 64.3 Å². The fraction of sp³-hybridized carbons (Fsp3) is 0. The molecule has 2 heterocycles. The minimum atomic E-state index is -1.17. The van der Waals surface area contributed by atoms with E-state index in [-0.39, 0.29) is 16.4 Å². The number of pyridine rings is 1. The Morgan fingerprint density at radius 1 is 1.65 bits per heavy atom. The van der Waals surface area contributed by atoms with E-state index >= 15 is 0 Å². The lowest BCUT2D eigenvalue weighted by molar-refractivity contribution is 0.0690. The second kappa shape index (κ2) is 4.96. The molecule has 0 fully saturated rings. The van der Waals surface area contributed by atoms with E-state index in [1.165, 1.54) is 16.1 Å². The van der Waals surface area contributed by atoms with Gasteiger partial charge < -0.3 is 5.11 Å². The molecule has 17 heavy (non-hydrogen) atoms. The fourth-order valence-corrected chi connectivity index (χ4v) is 2.44. The van der Waals surface area contributed by atoms with Gasteiger partial charge in [0.15, 0.2) is 5.65 Å². The van der Waals surface area contributed by atoms with Gasteiger partial charge in [-0.3, -0.25) is 0 Å². The Labute approximate surface area is 118 Å². The van der Waals surface area contributed by atoms with Gasteiger partial charge in [0.05, 0.1) is 5.02 Å². The van der Waals surface area contributed by atoms with E-state index in [4.69, 9.17) is 19.2 Å². The summed E-state index contributed by atoms with van der Waals surface area (Å²) in [6.07, 6.45) is 0. The van der Waals surface area contributed by atoms with Crippen LogP contribution in [-0.2, 0) is 2.51 Å². The van der Waals surface area contributed by atoms with Gasteiger partial charge in [-0.25, -0.2) is 11.3 Å². The number of rotatable bonds is 3. The van der Waals surface area contributed by atoms with Crippen LogP contribution in [0.3, 0.4) is 0 Å². The van der Waals surface area contributed by atoms with Gasteiger partial charge in [-0.2, -0.15) is 9.37 Å². The summed E-state index contributed by atoms with van der Waals surface area (Å²) in [5.74, 6) is -2.02. The zero-order chi connectivity index (χ0) is 12.6. The molecule has 2 aromatic heterocycles. The molecule has 0 aliphatic carbocycles. The molecule has 2 rings (SSSR count). The van der Waals surface area contributed by atoms with Gasteiger partial charge in [-0.05, 0) is 12.1 Å². The average Bonchev–Trinajstić information content (AvgIpc) is 2.59. The van der Waals surface area contributed by atoms with Crippen molar-refractivity contribution in [2.24, 2.45) is 0 Å². The monoisotopic (exact) mass is 388 g/mol. The zero-order valence-electron chi connectivity index (χ0n) is 7.85. The van der Waals surface area contributed by atoms with Gasteiger partial charge in [-0.15, -0.1) is 0 Å². The summed E-state index contributed by atoms with van der Waals surface area (Å²) in [7, 11) is 0. The molecule has 0 unspecified atom stereocenters. The fourth-order valence-electron chi connectivity index (χ4n) is 1.31. The number of nitrogens with zero attached hydrogens (tertiary/aromatic N) is 2. The Hall–Kier alpha value is -0.580. The third-order valence-electron chi connectivity index (χ3n) is 1.97. The minimum absolute atomic E-state index is 0.0733. The summed E-state index contributed by atoms with van der Waals surface area (Å²) in [6.45, 7) is 0. The summed E-state index contributed by atoms with van der Waals surface area (Å²) in [5, 5.41) is 9.25. The maximum atomic E-state index is 13.2. The average molecular weight is 389 g/mol. The predicted octanol–water partition coefficient (Wildman–Crippen LogP) is 3.30. The lowest BCUT2D eigenvalue weighted by atomic mass is 10.3. The van der Waals surface area contributed by atoms with Gasteiger partial charge in [0, 0.05) is 5.39 Å². The SMILES string of the molecule is O=C(O)c1cc2cc(Cl)c(F)nc2n1SOI. The van der Waals surface area contributed by atoms with Gasteiger partial charge in [-0.1, -0.05) is 11.6 Å². The highest BCUT2D eigenvalue weighted by Crippen LogP contribution is 2.28. The Bertz CT molecular complexity index is 606. The molecule has 5 nitrogen and oxygen atoms in total. The van der Waals surface area contributed by atoms with Crippen LogP contribution in [0.5, 0.6) is 0 Å². The number of carboxylic acids is 1. The first-order valence-corrected chi connectivity index (χ1v) is 6.07. The molecule has 90 valence electrons. The second-order valence-electron chi connectivity index (χ2n) is 2.94. The highest BCUT2D eigenvalue weighted by molar-refractivity contribution is 14.1. The van der Waals surface area contributed by atoms with E-state index in [2.05, 4.69) is 4.98 Å². The van der Waals surface area contributed by atoms with E-state index in [1.807, 2.05) is 0 Å². The first kappa shape index (κ1) is 12.9. The van der Waals surface area contributed by atoms with Crippen molar-refractivity contribution in [2.45, 2.75) is 0 Å². The third-order valence-corrected chi connectivity index (χ3v) is 3.29. The molecule has 2 aromatic rings. The van der Waals surface area contributed by atoms with Crippen LogP contribution in [-0.4, -0.2) is 20.0 Å². The molecule has 0 aliphatic heterocycles. The van der Waals surface area contributed by atoms with Crippen LogP contribution >= 0.6 is 46.8 Å². The van der Waals surface area contributed by atoms with Crippen molar-refractivity contribution >= 4 is 63.8 Å². The highest BCUT2D eigenvalue weighted by Gasteiger charge is 2.18. The lowest BCUT2D eigenvalue weighted by Crippen LogP contribution is -2.03. The number of halogens is 3. The maximum absolute atomic E-state index is 13.2. The third kappa shape index (κ3) is 2.34. The normalized spacial score (nSPS) is 11.0. The summed E-state index contributed by atoms with van der Waals surface area (Å²) >= 11 is 7.88. The molecule has 0 aliphatic rings. The number of aromatic nitrogens is 2.